The molecule has 1 saturated heterocycles. The maximum Gasteiger partial charge on any atom is 0.271 e. The summed E-state index contributed by atoms with van der Waals surface area (Å²) in [7, 11) is 0. The summed E-state index contributed by atoms with van der Waals surface area (Å²) in [6.07, 6.45) is 5.99. The van der Waals surface area contributed by atoms with E-state index in [2.05, 4.69) is 15.5 Å². The van der Waals surface area contributed by atoms with Gasteiger partial charge in [-0.3, -0.25) is 15.0 Å². The molecule has 3 rings (SSSR count). The van der Waals surface area contributed by atoms with Crippen LogP contribution >= 0.6 is 23.8 Å². The molecule has 0 aromatic heterocycles. The van der Waals surface area contributed by atoms with E-state index >= 15 is 0 Å². The Labute approximate surface area is 169 Å². The molecule has 148 valence electrons. The third kappa shape index (κ3) is 5.07. The van der Waals surface area contributed by atoms with Crippen LogP contribution in [0.15, 0.2) is 18.2 Å². The summed E-state index contributed by atoms with van der Waals surface area (Å²) in [4.78, 5) is 13.1. The molecule has 0 radical (unpaired) electrons. The van der Waals surface area contributed by atoms with Gasteiger partial charge < -0.3 is 15.4 Å². The SMILES string of the molecule is O=[N+]([O-])c1ccc(Cl)c(NC(=S)NCC2(N3CCOCC3)CCCCC2)c1. The van der Waals surface area contributed by atoms with E-state index in [1.54, 1.807) is 0 Å². The lowest BCUT2D eigenvalue weighted by Gasteiger charge is -2.48. The first-order chi connectivity index (χ1) is 13.0. The number of nitro benzene ring substituents is 1. The molecular weight excluding hydrogens is 388 g/mol. The second-order valence-electron chi connectivity index (χ2n) is 7.11. The number of morpholine rings is 1. The Morgan fingerprint density at radius 1 is 1.30 bits per heavy atom. The van der Waals surface area contributed by atoms with E-state index in [9.17, 15) is 10.1 Å². The number of ether oxygens (including phenoxy) is 1. The zero-order valence-electron chi connectivity index (χ0n) is 15.2. The zero-order chi connectivity index (χ0) is 19.3. The standard InChI is InChI=1S/C18H25ClN4O3S/c19-15-5-4-14(23(24)25)12-16(15)21-17(27)20-13-18(6-2-1-3-7-18)22-8-10-26-11-9-22/h4-5,12H,1-3,6-11,13H2,(H2,20,21,27). The normalized spacial score (nSPS) is 20.0. The largest absolute Gasteiger partial charge is 0.379 e. The first kappa shape index (κ1) is 20.3. The van der Waals surface area contributed by atoms with Crippen LogP contribution in [0.25, 0.3) is 0 Å². The van der Waals surface area contributed by atoms with Crippen LogP contribution in [0.2, 0.25) is 5.02 Å². The highest BCUT2D eigenvalue weighted by molar-refractivity contribution is 7.80. The minimum absolute atomic E-state index is 0.0261. The molecule has 1 aliphatic heterocycles. The fraction of sp³-hybridized carbons (Fsp3) is 0.611. The molecule has 2 fully saturated rings. The van der Waals surface area contributed by atoms with Crippen molar-refractivity contribution in [3.63, 3.8) is 0 Å². The van der Waals surface area contributed by atoms with Gasteiger partial charge in [0, 0.05) is 37.3 Å². The average Bonchev–Trinajstić information content (AvgIpc) is 2.69. The molecule has 1 aliphatic carbocycles. The summed E-state index contributed by atoms with van der Waals surface area (Å²) in [5.74, 6) is 0. The van der Waals surface area contributed by atoms with Crippen molar-refractivity contribution in [3.8, 4) is 0 Å². The van der Waals surface area contributed by atoms with Gasteiger partial charge in [0.25, 0.3) is 5.69 Å². The third-order valence-electron chi connectivity index (χ3n) is 5.45. The lowest BCUT2D eigenvalue weighted by atomic mass is 9.80. The number of hydrogen-bond acceptors (Lipinski definition) is 5. The van der Waals surface area contributed by atoms with E-state index in [1.807, 2.05) is 0 Å². The lowest BCUT2D eigenvalue weighted by Crippen LogP contribution is -2.60. The van der Waals surface area contributed by atoms with E-state index in [1.165, 1.54) is 37.5 Å². The van der Waals surface area contributed by atoms with Gasteiger partial charge >= 0.3 is 0 Å². The van der Waals surface area contributed by atoms with E-state index in [-0.39, 0.29) is 11.2 Å². The molecule has 0 amide bonds. The molecule has 7 nitrogen and oxygen atoms in total. The van der Waals surface area contributed by atoms with Crippen molar-refractivity contribution in [2.75, 3.05) is 38.2 Å². The summed E-state index contributed by atoms with van der Waals surface area (Å²) < 4.78 is 5.51. The lowest BCUT2D eigenvalue weighted by molar-refractivity contribution is -0.384. The Morgan fingerprint density at radius 3 is 2.67 bits per heavy atom. The number of halogens is 1. The monoisotopic (exact) mass is 412 g/mol. The Kier molecular flexibility index (Phi) is 6.86. The number of benzene rings is 1. The zero-order valence-corrected chi connectivity index (χ0v) is 16.8. The van der Waals surface area contributed by atoms with Crippen LogP contribution in [-0.2, 0) is 4.74 Å². The summed E-state index contributed by atoms with van der Waals surface area (Å²) >= 11 is 11.6. The molecule has 0 spiro atoms. The van der Waals surface area contributed by atoms with Gasteiger partial charge in [-0.25, -0.2) is 0 Å². The van der Waals surface area contributed by atoms with Crippen molar-refractivity contribution >= 4 is 40.3 Å². The minimum atomic E-state index is -0.451. The Balaban J connectivity index is 1.64. The summed E-state index contributed by atoms with van der Waals surface area (Å²) in [5.41, 5.74) is 0.495. The van der Waals surface area contributed by atoms with Gasteiger partial charge in [0.1, 0.15) is 0 Å². The highest BCUT2D eigenvalue weighted by atomic mass is 35.5. The van der Waals surface area contributed by atoms with E-state index < -0.39 is 4.92 Å². The van der Waals surface area contributed by atoms with Gasteiger partial charge in [0.2, 0.25) is 0 Å². The van der Waals surface area contributed by atoms with Crippen molar-refractivity contribution in [1.82, 2.24) is 10.2 Å². The quantitative estimate of drug-likeness (QED) is 0.434. The third-order valence-corrected chi connectivity index (χ3v) is 6.03. The maximum absolute atomic E-state index is 11.0. The number of nitro groups is 1. The fourth-order valence-electron chi connectivity index (χ4n) is 3.99. The topological polar surface area (TPSA) is 79.7 Å². The first-order valence-corrected chi connectivity index (χ1v) is 10.1. The predicted molar refractivity (Wildman–Crippen MR) is 111 cm³/mol. The number of nitrogens with one attached hydrogen (secondary N) is 2. The maximum atomic E-state index is 11.0. The first-order valence-electron chi connectivity index (χ1n) is 9.32. The molecule has 0 unspecified atom stereocenters. The minimum Gasteiger partial charge on any atom is -0.379 e. The van der Waals surface area contributed by atoms with Crippen LogP contribution in [0.3, 0.4) is 0 Å². The molecule has 9 heteroatoms. The van der Waals surface area contributed by atoms with Crippen LogP contribution in [0, 0.1) is 10.1 Å². The Hall–Kier alpha value is -1.48. The highest BCUT2D eigenvalue weighted by Gasteiger charge is 2.38. The summed E-state index contributed by atoms with van der Waals surface area (Å²) in [6, 6.07) is 4.27. The number of rotatable bonds is 5. The molecule has 1 aromatic carbocycles. The summed E-state index contributed by atoms with van der Waals surface area (Å²) in [5, 5.41) is 18.1. The second-order valence-corrected chi connectivity index (χ2v) is 7.93. The van der Waals surface area contributed by atoms with Crippen molar-refractivity contribution in [3.05, 3.63) is 33.3 Å². The van der Waals surface area contributed by atoms with E-state index in [4.69, 9.17) is 28.6 Å². The van der Waals surface area contributed by atoms with Crippen LogP contribution in [-0.4, -0.2) is 53.3 Å². The molecule has 1 heterocycles. The Bertz CT molecular complexity index is 691. The Morgan fingerprint density at radius 2 is 2.00 bits per heavy atom. The molecule has 2 aliphatic rings. The van der Waals surface area contributed by atoms with Gasteiger partial charge in [-0.05, 0) is 31.1 Å². The molecule has 1 aromatic rings. The molecule has 27 heavy (non-hydrogen) atoms. The van der Waals surface area contributed by atoms with Gasteiger partial charge in [-0.1, -0.05) is 30.9 Å². The van der Waals surface area contributed by atoms with Crippen LogP contribution < -0.4 is 10.6 Å². The summed E-state index contributed by atoms with van der Waals surface area (Å²) in [6.45, 7) is 4.17. The molecule has 2 N–H and O–H groups in total. The molecule has 0 bridgehead atoms. The van der Waals surface area contributed by atoms with Gasteiger partial charge in [0.05, 0.1) is 28.8 Å². The number of hydrogen-bond donors (Lipinski definition) is 2. The smallest absolute Gasteiger partial charge is 0.271 e. The van der Waals surface area contributed by atoms with Gasteiger partial charge in [-0.15, -0.1) is 0 Å². The van der Waals surface area contributed by atoms with E-state index in [0.29, 0.717) is 15.8 Å². The molecule has 0 atom stereocenters. The number of thiocarbonyl (C=S) groups is 1. The average molecular weight is 413 g/mol. The van der Waals surface area contributed by atoms with Crippen molar-refractivity contribution in [1.29, 1.82) is 0 Å². The number of nitrogens with zero attached hydrogens (tertiary/aromatic N) is 2. The van der Waals surface area contributed by atoms with Gasteiger partial charge in [0.15, 0.2) is 5.11 Å². The van der Waals surface area contributed by atoms with Crippen molar-refractivity contribution in [2.24, 2.45) is 0 Å². The molecular formula is C18H25ClN4O3S. The number of non-ortho nitro benzene ring substituents is 1. The fourth-order valence-corrected chi connectivity index (χ4v) is 4.33. The highest BCUT2D eigenvalue weighted by Crippen LogP contribution is 2.34. The van der Waals surface area contributed by atoms with E-state index in [0.717, 1.165) is 45.7 Å². The van der Waals surface area contributed by atoms with Gasteiger partial charge in [-0.2, -0.15) is 0 Å². The predicted octanol–water partition coefficient (Wildman–Crippen LogP) is 3.57. The molecule has 1 saturated carbocycles. The number of anilines is 1. The second kappa shape index (κ2) is 9.14. The van der Waals surface area contributed by atoms with Crippen LogP contribution in [0.1, 0.15) is 32.1 Å². The van der Waals surface area contributed by atoms with Crippen molar-refractivity contribution < 1.29 is 9.66 Å². The van der Waals surface area contributed by atoms with Crippen molar-refractivity contribution in [2.45, 2.75) is 37.6 Å². The van der Waals surface area contributed by atoms with Crippen LogP contribution in [0.4, 0.5) is 11.4 Å². The van der Waals surface area contributed by atoms with Crippen LogP contribution in [0.5, 0.6) is 0 Å².